The van der Waals surface area contributed by atoms with Crippen LogP contribution in [0.3, 0.4) is 0 Å². The summed E-state index contributed by atoms with van der Waals surface area (Å²) in [5, 5.41) is 11.2. The molecule has 9 heteroatoms. The Morgan fingerprint density at radius 3 is 2.84 bits per heavy atom. The smallest absolute Gasteiger partial charge is 0.261 e. The van der Waals surface area contributed by atoms with Gasteiger partial charge in [0.1, 0.15) is 11.6 Å². The fraction of sp³-hybridized carbons (Fsp3) is 0.125. The number of ether oxygens (including phenoxy) is 2. The van der Waals surface area contributed by atoms with E-state index >= 15 is 0 Å². The second kappa shape index (κ2) is 8.08. The van der Waals surface area contributed by atoms with Crippen LogP contribution in [0.5, 0.6) is 17.4 Å². The van der Waals surface area contributed by atoms with Crippen LogP contribution in [0, 0.1) is 17.1 Å². The molecule has 0 spiro atoms. The molecular weight excluding hydrogens is 351 g/mol. The minimum absolute atomic E-state index is 0.0770. The molecule has 2 aromatic rings. The molecular formula is C16H12ClFN4O3. The number of carbonyl (C=O) groups is 1. The maximum Gasteiger partial charge on any atom is 0.261 e. The first-order chi connectivity index (χ1) is 12.0. The molecule has 0 fully saturated rings. The van der Waals surface area contributed by atoms with Gasteiger partial charge in [-0.2, -0.15) is 14.6 Å². The minimum Gasteiger partial charge on any atom is -0.493 e. The number of nitrogens with one attached hydrogen (secondary N) is 1. The van der Waals surface area contributed by atoms with Gasteiger partial charge in [-0.25, -0.2) is 4.98 Å². The Morgan fingerprint density at radius 1 is 1.44 bits per heavy atom. The topological polar surface area (TPSA) is 97.1 Å². The fourth-order valence-electron chi connectivity index (χ4n) is 1.82. The van der Waals surface area contributed by atoms with Crippen LogP contribution in [0.1, 0.15) is 5.56 Å². The van der Waals surface area contributed by atoms with Crippen LogP contribution in [0.25, 0.3) is 6.08 Å². The zero-order valence-electron chi connectivity index (χ0n) is 13.2. The summed E-state index contributed by atoms with van der Waals surface area (Å²) in [6, 6.07) is 6.38. The highest BCUT2D eigenvalue weighted by atomic mass is 35.5. The summed E-state index contributed by atoms with van der Waals surface area (Å²) in [6.45, 7) is 0. The van der Waals surface area contributed by atoms with Crippen molar-refractivity contribution in [3.05, 3.63) is 46.6 Å². The SMILES string of the molecule is CNC(=O)C(C#N)=Cc1ccc(Oc2nc(Cl)ncc2F)c(OC)c1. The van der Waals surface area contributed by atoms with Crippen LogP contribution in [0.4, 0.5) is 4.39 Å². The predicted molar refractivity (Wildman–Crippen MR) is 87.7 cm³/mol. The summed E-state index contributed by atoms with van der Waals surface area (Å²) in [7, 11) is 2.81. The molecule has 0 bridgehead atoms. The van der Waals surface area contributed by atoms with Crippen LogP contribution in [0.2, 0.25) is 5.28 Å². The molecule has 1 amide bonds. The van der Waals surface area contributed by atoms with E-state index in [9.17, 15) is 9.18 Å². The number of amides is 1. The number of aromatic nitrogens is 2. The van der Waals surface area contributed by atoms with E-state index in [1.807, 2.05) is 0 Å². The highest BCUT2D eigenvalue weighted by Crippen LogP contribution is 2.33. The number of methoxy groups -OCH3 is 1. The molecule has 1 aromatic carbocycles. The van der Waals surface area contributed by atoms with Crippen molar-refractivity contribution in [1.29, 1.82) is 5.26 Å². The summed E-state index contributed by atoms with van der Waals surface area (Å²) in [6.07, 6.45) is 2.27. The third-order valence-corrected chi connectivity index (χ3v) is 3.16. The van der Waals surface area contributed by atoms with Crippen molar-refractivity contribution in [2.24, 2.45) is 0 Å². The minimum atomic E-state index is -0.790. The van der Waals surface area contributed by atoms with Crippen molar-refractivity contribution in [3.8, 4) is 23.4 Å². The molecule has 0 radical (unpaired) electrons. The van der Waals surface area contributed by atoms with Crippen LogP contribution < -0.4 is 14.8 Å². The maximum absolute atomic E-state index is 13.7. The first-order valence-corrected chi connectivity index (χ1v) is 7.24. The van der Waals surface area contributed by atoms with E-state index in [4.69, 9.17) is 26.3 Å². The summed E-state index contributed by atoms with van der Waals surface area (Å²) in [4.78, 5) is 18.7. The van der Waals surface area contributed by atoms with E-state index in [2.05, 4.69) is 15.3 Å². The lowest BCUT2D eigenvalue weighted by Gasteiger charge is -2.11. The third kappa shape index (κ3) is 4.43. The quantitative estimate of drug-likeness (QED) is 0.499. The fourth-order valence-corrected chi connectivity index (χ4v) is 1.94. The summed E-state index contributed by atoms with van der Waals surface area (Å²) >= 11 is 5.62. The van der Waals surface area contributed by atoms with Gasteiger partial charge in [0, 0.05) is 7.05 Å². The van der Waals surface area contributed by atoms with Gasteiger partial charge in [0.25, 0.3) is 11.8 Å². The van der Waals surface area contributed by atoms with Crippen molar-refractivity contribution in [2.75, 3.05) is 14.2 Å². The van der Waals surface area contributed by atoms with Crippen molar-refractivity contribution in [1.82, 2.24) is 15.3 Å². The Balaban J connectivity index is 2.37. The van der Waals surface area contributed by atoms with Crippen LogP contribution >= 0.6 is 11.6 Å². The number of likely N-dealkylation sites (N-methyl/N-ethyl adjacent to an activating group) is 1. The zero-order valence-corrected chi connectivity index (χ0v) is 14.0. The van der Waals surface area contributed by atoms with Gasteiger partial charge < -0.3 is 14.8 Å². The van der Waals surface area contributed by atoms with Gasteiger partial charge >= 0.3 is 0 Å². The Hall–Kier alpha value is -3.18. The van der Waals surface area contributed by atoms with Gasteiger partial charge in [-0.05, 0) is 35.4 Å². The molecule has 0 unspecified atom stereocenters. The summed E-state index contributed by atoms with van der Waals surface area (Å²) in [5.41, 5.74) is 0.442. The number of hydrogen-bond acceptors (Lipinski definition) is 6. The highest BCUT2D eigenvalue weighted by molar-refractivity contribution is 6.28. The molecule has 7 nitrogen and oxygen atoms in total. The largest absolute Gasteiger partial charge is 0.493 e. The van der Waals surface area contributed by atoms with Gasteiger partial charge in [-0.3, -0.25) is 4.79 Å². The predicted octanol–water partition coefficient (Wildman–Crippen LogP) is 2.72. The highest BCUT2D eigenvalue weighted by Gasteiger charge is 2.13. The Kier molecular flexibility index (Phi) is 5.87. The van der Waals surface area contributed by atoms with Crippen molar-refractivity contribution >= 4 is 23.6 Å². The van der Waals surface area contributed by atoms with Crippen LogP contribution in [-0.2, 0) is 4.79 Å². The number of benzene rings is 1. The van der Waals surface area contributed by atoms with E-state index in [1.54, 1.807) is 12.1 Å². The first kappa shape index (κ1) is 18.2. The van der Waals surface area contributed by atoms with E-state index in [0.29, 0.717) is 5.56 Å². The number of carbonyl (C=O) groups excluding carboxylic acids is 1. The average molecular weight is 363 g/mol. The second-order valence-electron chi connectivity index (χ2n) is 4.55. The molecule has 0 aliphatic carbocycles. The van der Waals surface area contributed by atoms with Gasteiger partial charge in [0.2, 0.25) is 11.1 Å². The molecule has 1 aromatic heterocycles. The lowest BCUT2D eigenvalue weighted by molar-refractivity contribution is -0.116. The molecule has 1 N–H and O–H groups in total. The number of hydrogen-bond donors (Lipinski definition) is 1. The molecule has 0 aliphatic rings. The van der Waals surface area contributed by atoms with E-state index < -0.39 is 11.7 Å². The Morgan fingerprint density at radius 2 is 2.20 bits per heavy atom. The van der Waals surface area contributed by atoms with Gasteiger partial charge in [0.15, 0.2) is 11.5 Å². The lowest BCUT2D eigenvalue weighted by Crippen LogP contribution is -2.19. The van der Waals surface area contributed by atoms with Crippen molar-refractivity contribution in [3.63, 3.8) is 0 Å². The molecule has 0 saturated heterocycles. The number of nitriles is 1. The second-order valence-corrected chi connectivity index (χ2v) is 4.89. The van der Waals surface area contributed by atoms with Crippen molar-refractivity contribution in [2.45, 2.75) is 0 Å². The standard InChI is InChI=1S/C16H12ClFN4O3/c1-20-14(23)10(7-19)5-9-3-4-12(13(6-9)24-2)25-15-11(18)8-21-16(17)22-15/h3-6,8H,1-2H3,(H,20,23). The molecule has 0 aliphatic heterocycles. The number of nitrogens with zero attached hydrogens (tertiary/aromatic N) is 3. The van der Waals surface area contributed by atoms with Gasteiger partial charge in [-0.1, -0.05) is 6.07 Å². The molecule has 25 heavy (non-hydrogen) atoms. The molecule has 1 heterocycles. The normalized spacial score (nSPS) is 10.8. The van der Waals surface area contributed by atoms with E-state index in [0.717, 1.165) is 6.20 Å². The average Bonchev–Trinajstić information content (AvgIpc) is 2.62. The monoisotopic (exact) mass is 362 g/mol. The maximum atomic E-state index is 13.7. The van der Waals surface area contributed by atoms with Crippen LogP contribution in [-0.4, -0.2) is 30.0 Å². The number of rotatable bonds is 5. The Bertz CT molecular complexity index is 880. The van der Waals surface area contributed by atoms with Gasteiger partial charge in [-0.15, -0.1) is 0 Å². The van der Waals surface area contributed by atoms with E-state index in [1.165, 1.54) is 32.4 Å². The summed E-state index contributed by atoms with van der Waals surface area (Å²) < 4.78 is 24.2. The molecule has 0 saturated carbocycles. The van der Waals surface area contributed by atoms with E-state index in [-0.39, 0.29) is 28.2 Å². The summed E-state index contributed by atoms with van der Waals surface area (Å²) in [5.74, 6) is -1.24. The van der Waals surface area contributed by atoms with Crippen molar-refractivity contribution < 1.29 is 18.7 Å². The number of halogens is 2. The first-order valence-electron chi connectivity index (χ1n) is 6.86. The molecule has 2 rings (SSSR count). The zero-order chi connectivity index (χ0) is 18.4. The van der Waals surface area contributed by atoms with Gasteiger partial charge in [0.05, 0.1) is 13.3 Å². The lowest BCUT2D eigenvalue weighted by atomic mass is 10.1. The molecule has 0 atom stereocenters. The Labute approximate surface area is 147 Å². The van der Waals surface area contributed by atoms with Crippen LogP contribution in [0.15, 0.2) is 30.0 Å². The molecule has 128 valence electrons. The third-order valence-electron chi connectivity index (χ3n) is 2.98.